The van der Waals surface area contributed by atoms with E-state index in [1.807, 2.05) is 42.5 Å². The summed E-state index contributed by atoms with van der Waals surface area (Å²) in [6, 6.07) is 14.0. The summed E-state index contributed by atoms with van der Waals surface area (Å²) in [5.74, 6) is 3.31. The minimum absolute atomic E-state index is 0.178. The first-order valence-electron chi connectivity index (χ1n) is 6.59. The summed E-state index contributed by atoms with van der Waals surface area (Å²) >= 11 is 0. The van der Waals surface area contributed by atoms with Crippen molar-refractivity contribution >= 4 is 0 Å². The van der Waals surface area contributed by atoms with Crippen LogP contribution in [0.25, 0.3) is 0 Å². The SMILES string of the molecule is C#CCOc1ccccc1CNC(C)c1ccccn1. The molecule has 1 atom stereocenters. The smallest absolute Gasteiger partial charge is 0.148 e. The predicted octanol–water partition coefficient (Wildman–Crippen LogP) is 2.94. The minimum Gasteiger partial charge on any atom is -0.481 e. The van der Waals surface area contributed by atoms with Gasteiger partial charge in [0.1, 0.15) is 12.4 Å². The number of para-hydroxylation sites is 1. The third-order valence-electron chi connectivity index (χ3n) is 3.01. The van der Waals surface area contributed by atoms with Crippen LogP contribution in [0.1, 0.15) is 24.2 Å². The maximum Gasteiger partial charge on any atom is 0.148 e. The lowest BCUT2D eigenvalue weighted by Crippen LogP contribution is -2.19. The standard InChI is InChI=1S/C17H18N2O/c1-3-12-20-17-10-5-4-8-15(17)13-19-14(2)16-9-6-7-11-18-16/h1,4-11,14,19H,12-13H2,2H3. The van der Waals surface area contributed by atoms with Crippen molar-refractivity contribution in [3.8, 4) is 18.1 Å². The molecule has 0 spiro atoms. The molecular formula is C17H18N2O. The highest BCUT2D eigenvalue weighted by Gasteiger charge is 2.07. The molecule has 20 heavy (non-hydrogen) atoms. The van der Waals surface area contributed by atoms with Gasteiger partial charge in [-0.15, -0.1) is 6.42 Å². The molecule has 0 amide bonds. The van der Waals surface area contributed by atoms with Crippen molar-refractivity contribution in [3.05, 3.63) is 59.9 Å². The fraction of sp³-hybridized carbons (Fsp3) is 0.235. The monoisotopic (exact) mass is 266 g/mol. The first-order valence-corrected chi connectivity index (χ1v) is 6.59. The average molecular weight is 266 g/mol. The van der Waals surface area contributed by atoms with Crippen LogP contribution in [-0.4, -0.2) is 11.6 Å². The fourth-order valence-electron chi connectivity index (χ4n) is 1.91. The predicted molar refractivity (Wildman–Crippen MR) is 80.3 cm³/mol. The molecule has 1 aromatic carbocycles. The molecule has 102 valence electrons. The van der Waals surface area contributed by atoms with E-state index in [0.29, 0.717) is 6.54 Å². The Morgan fingerprint density at radius 2 is 2.05 bits per heavy atom. The molecule has 0 bridgehead atoms. The van der Waals surface area contributed by atoms with Crippen LogP contribution < -0.4 is 10.1 Å². The van der Waals surface area contributed by atoms with Crippen molar-refractivity contribution in [2.24, 2.45) is 0 Å². The lowest BCUT2D eigenvalue weighted by Gasteiger charge is -2.15. The Kier molecular flexibility index (Phi) is 5.16. The number of nitrogens with zero attached hydrogens (tertiary/aromatic N) is 1. The zero-order valence-corrected chi connectivity index (χ0v) is 11.5. The quantitative estimate of drug-likeness (QED) is 0.816. The molecule has 0 aliphatic carbocycles. The number of aromatic nitrogens is 1. The maximum absolute atomic E-state index is 5.53. The topological polar surface area (TPSA) is 34.1 Å². The highest BCUT2D eigenvalue weighted by Crippen LogP contribution is 2.19. The molecule has 0 aliphatic heterocycles. The second kappa shape index (κ2) is 7.32. The van der Waals surface area contributed by atoms with E-state index in [9.17, 15) is 0 Å². The summed E-state index contributed by atoms with van der Waals surface area (Å²) in [6.07, 6.45) is 7.03. The van der Waals surface area contributed by atoms with E-state index in [1.54, 1.807) is 6.20 Å². The van der Waals surface area contributed by atoms with E-state index in [-0.39, 0.29) is 12.6 Å². The molecule has 2 aromatic rings. The van der Waals surface area contributed by atoms with Crippen LogP contribution in [0, 0.1) is 12.3 Å². The van der Waals surface area contributed by atoms with E-state index >= 15 is 0 Å². The van der Waals surface area contributed by atoms with Gasteiger partial charge in [-0.25, -0.2) is 0 Å². The number of hydrogen-bond donors (Lipinski definition) is 1. The van der Waals surface area contributed by atoms with Crippen molar-refractivity contribution in [2.45, 2.75) is 19.5 Å². The van der Waals surface area contributed by atoms with Crippen molar-refractivity contribution in [1.29, 1.82) is 0 Å². The van der Waals surface area contributed by atoms with E-state index in [2.05, 4.69) is 23.1 Å². The summed E-state index contributed by atoms with van der Waals surface area (Å²) in [4.78, 5) is 4.34. The summed E-state index contributed by atoms with van der Waals surface area (Å²) in [6.45, 7) is 3.08. The molecule has 0 saturated heterocycles. The zero-order valence-electron chi connectivity index (χ0n) is 11.5. The van der Waals surface area contributed by atoms with Crippen LogP contribution in [-0.2, 0) is 6.54 Å². The van der Waals surface area contributed by atoms with Crippen LogP contribution in [0.15, 0.2) is 48.7 Å². The van der Waals surface area contributed by atoms with Gasteiger partial charge in [-0.2, -0.15) is 0 Å². The lowest BCUT2D eigenvalue weighted by atomic mass is 10.1. The third kappa shape index (κ3) is 3.84. The molecular weight excluding hydrogens is 248 g/mol. The van der Waals surface area contributed by atoms with Crippen LogP contribution in [0.3, 0.4) is 0 Å². The molecule has 1 heterocycles. The number of ether oxygens (including phenoxy) is 1. The second-order valence-electron chi connectivity index (χ2n) is 4.46. The van der Waals surface area contributed by atoms with E-state index in [0.717, 1.165) is 17.0 Å². The van der Waals surface area contributed by atoms with E-state index < -0.39 is 0 Å². The Morgan fingerprint density at radius 1 is 1.25 bits per heavy atom. The fourth-order valence-corrected chi connectivity index (χ4v) is 1.91. The van der Waals surface area contributed by atoms with Crippen LogP contribution in [0.4, 0.5) is 0 Å². The summed E-state index contributed by atoms with van der Waals surface area (Å²) in [7, 11) is 0. The summed E-state index contributed by atoms with van der Waals surface area (Å²) in [5.41, 5.74) is 2.11. The second-order valence-corrected chi connectivity index (χ2v) is 4.46. The van der Waals surface area contributed by atoms with Crippen LogP contribution >= 0.6 is 0 Å². The van der Waals surface area contributed by atoms with Gasteiger partial charge in [-0.3, -0.25) is 4.98 Å². The molecule has 0 saturated carbocycles. The molecule has 1 unspecified atom stereocenters. The molecule has 0 aliphatic rings. The third-order valence-corrected chi connectivity index (χ3v) is 3.01. The van der Waals surface area contributed by atoms with Gasteiger partial charge in [-0.1, -0.05) is 30.2 Å². The number of benzene rings is 1. The summed E-state index contributed by atoms with van der Waals surface area (Å²) < 4.78 is 5.53. The van der Waals surface area contributed by atoms with Crippen molar-refractivity contribution < 1.29 is 4.74 Å². The van der Waals surface area contributed by atoms with Crippen molar-refractivity contribution in [3.63, 3.8) is 0 Å². The lowest BCUT2D eigenvalue weighted by molar-refractivity contribution is 0.363. The highest BCUT2D eigenvalue weighted by molar-refractivity contribution is 5.33. The van der Waals surface area contributed by atoms with Crippen LogP contribution in [0.2, 0.25) is 0 Å². The molecule has 1 aromatic heterocycles. The molecule has 3 heteroatoms. The van der Waals surface area contributed by atoms with Crippen molar-refractivity contribution in [2.75, 3.05) is 6.61 Å². The highest BCUT2D eigenvalue weighted by atomic mass is 16.5. The van der Waals surface area contributed by atoms with E-state index in [1.165, 1.54) is 0 Å². The average Bonchev–Trinajstić information content (AvgIpc) is 2.52. The molecule has 0 fully saturated rings. The Hall–Kier alpha value is -2.31. The minimum atomic E-state index is 0.178. The van der Waals surface area contributed by atoms with Gasteiger partial charge in [0, 0.05) is 24.3 Å². The molecule has 3 nitrogen and oxygen atoms in total. The van der Waals surface area contributed by atoms with Gasteiger partial charge in [0.05, 0.1) is 5.69 Å². The molecule has 2 rings (SSSR count). The number of nitrogens with one attached hydrogen (secondary N) is 1. The molecule has 0 radical (unpaired) electrons. The largest absolute Gasteiger partial charge is 0.481 e. The Bertz CT molecular complexity index is 575. The van der Waals surface area contributed by atoms with E-state index in [4.69, 9.17) is 11.2 Å². The van der Waals surface area contributed by atoms with Gasteiger partial charge >= 0.3 is 0 Å². The number of hydrogen-bond acceptors (Lipinski definition) is 3. The Morgan fingerprint density at radius 3 is 2.80 bits per heavy atom. The zero-order chi connectivity index (χ0) is 14.2. The summed E-state index contributed by atoms with van der Waals surface area (Å²) in [5, 5.41) is 3.44. The van der Waals surface area contributed by atoms with Crippen LogP contribution in [0.5, 0.6) is 5.75 Å². The van der Waals surface area contributed by atoms with Gasteiger partial charge in [0.15, 0.2) is 0 Å². The number of pyridine rings is 1. The number of terminal acetylenes is 1. The first kappa shape index (κ1) is 14.1. The normalized spacial score (nSPS) is 11.6. The van der Waals surface area contributed by atoms with Gasteiger partial charge in [-0.05, 0) is 25.1 Å². The van der Waals surface area contributed by atoms with Gasteiger partial charge in [0.25, 0.3) is 0 Å². The number of rotatable bonds is 6. The van der Waals surface area contributed by atoms with Crippen molar-refractivity contribution in [1.82, 2.24) is 10.3 Å². The first-order chi connectivity index (χ1) is 9.81. The van der Waals surface area contributed by atoms with Gasteiger partial charge in [0.2, 0.25) is 0 Å². The maximum atomic E-state index is 5.53. The molecule has 1 N–H and O–H groups in total. The van der Waals surface area contributed by atoms with Gasteiger partial charge < -0.3 is 10.1 Å². The Labute approximate surface area is 120 Å². The Balaban J connectivity index is 1.99.